The number of rotatable bonds is 5. The molecule has 0 aliphatic carbocycles. The highest BCUT2D eigenvalue weighted by Gasteiger charge is 2.35. The van der Waals surface area contributed by atoms with Gasteiger partial charge in [-0.15, -0.1) is 0 Å². The average Bonchev–Trinajstić information content (AvgIpc) is 3.20. The van der Waals surface area contributed by atoms with E-state index in [1.54, 1.807) is 6.07 Å². The third-order valence-corrected chi connectivity index (χ3v) is 9.63. The number of nitrogens with one attached hydrogen (secondary N) is 1. The summed E-state index contributed by atoms with van der Waals surface area (Å²) in [6, 6.07) is 10.1. The maximum absolute atomic E-state index is 14.6. The summed E-state index contributed by atoms with van der Waals surface area (Å²) in [5, 5.41) is 3.50. The molecule has 0 radical (unpaired) electrons. The molecular weight excluding hydrogens is 487 g/mol. The fourth-order valence-electron chi connectivity index (χ4n) is 6.48. The van der Waals surface area contributed by atoms with Crippen molar-refractivity contribution < 1.29 is 12.8 Å². The molecular formula is C29H39FN4O2S. The Morgan fingerprint density at radius 1 is 1.11 bits per heavy atom. The monoisotopic (exact) mass is 526 g/mol. The van der Waals surface area contributed by atoms with Gasteiger partial charge in [0.2, 0.25) is 0 Å². The van der Waals surface area contributed by atoms with Crippen LogP contribution in [0.1, 0.15) is 56.6 Å². The van der Waals surface area contributed by atoms with Crippen molar-refractivity contribution in [1.29, 1.82) is 0 Å². The lowest BCUT2D eigenvalue weighted by molar-refractivity contribution is 0.0431. The second-order valence-electron chi connectivity index (χ2n) is 11.4. The predicted molar refractivity (Wildman–Crippen MR) is 147 cm³/mol. The first kappa shape index (κ1) is 26.3. The van der Waals surface area contributed by atoms with Crippen LogP contribution in [0.15, 0.2) is 35.2 Å². The lowest BCUT2D eigenvalue weighted by Crippen LogP contribution is -2.53. The third kappa shape index (κ3) is 5.08. The average molecular weight is 527 g/mol. The Hall–Kier alpha value is -2.29. The number of aromatic nitrogens is 2. The minimum Gasteiger partial charge on any atom is -0.327 e. The van der Waals surface area contributed by atoms with Crippen LogP contribution in [0.25, 0.3) is 22.4 Å². The molecule has 2 aromatic carbocycles. The van der Waals surface area contributed by atoms with Gasteiger partial charge in [0.25, 0.3) is 0 Å². The number of hydrogen-bond acceptors (Lipinski definition) is 5. The van der Waals surface area contributed by atoms with E-state index in [0.29, 0.717) is 35.3 Å². The minimum absolute atomic E-state index is 0.288. The molecule has 2 saturated heterocycles. The van der Waals surface area contributed by atoms with Gasteiger partial charge in [-0.2, -0.15) is 0 Å². The Bertz CT molecular complexity index is 1410. The molecule has 1 unspecified atom stereocenters. The summed E-state index contributed by atoms with van der Waals surface area (Å²) in [6.07, 6.45) is 5.81. The lowest BCUT2D eigenvalue weighted by atomic mass is 9.79. The number of piperidine rings is 2. The molecule has 0 amide bonds. The zero-order valence-electron chi connectivity index (χ0n) is 22.6. The van der Waals surface area contributed by atoms with Crippen LogP contribution in [0.3, 0.4) is 0 Å². The van der Waals surface area contributed by atoms with Gasteiger partial charge in [0.1, 0.15) is 16.5 Å². The van der Waals surface area contributed by atoms with E-state index in [-0.39, 0.29) is 4.90 Å². The number of fused-ring (bicyclic) bond motifs is 1. The highest BCUT2D eigenvalue weighted by Crippen LogP contribution is 2.39. The van der Waals surface area contributed by atoms with Crippen molar-refractivity contribution in [3.05, 3.63) is 47.3 Å². The smallest absolute Gasteiger partial charge is 0.178 e. The topological polar surface area (TPSA) is 67.2 Å². The quantitative estimate of drug-likeness (QED) is 0.504. The number of halogens is 1. The summed E-state index contributed by atoms with van der Waals surface area (Å²) in [4.78, 5) is 7.36. The van der Waals surface area contributed by atoms with Gasteiger partial charge in [-0.25, -0.2) is 17.8 Å². The molecule has 0 bridgehead atoms. The summed E-state index contributed by atoms with van der Waals surface area (Å²) in [5.41, 5.74) is 4.97. The lowest BCUT2D eigenvalue weighted by Gasteiger charge is -2.47. The Morgan fingerprint density at radius 2 is 1.84 bits per heavy atom. The number of hydrogen-bond donors (Lipinski definition) is 1. The van der Waals surface area contributed by atoms with E-state index in [2.05, 4.69) is 43.1 Å². The molecule has 2 fully saturated rings. The largest absolute Gasteiger partial charge is 0.327 e. The van der Waals surface area contributed by atoms with Gasteiger partial charge in [0, 0.05) is 31.0 Å². The summed E-state index contributed by atoms with van der Waals surface area (Å²) in [7, 11) is -1.67. The molecule has 3 aromatic rings. The Balaban J connectivity index is 1.46. The highest BCUT2D eigenvalue weighted by molar-refractivity contribution is 7.90. The molecule has 6 nitrogen and oxygen atoms in total. The molecule has 1 N–H and O–H groups in total. The molecule has 2 aliphatic rings. The van der Waals surface area contributed by atoms with Crippen LogP contribution in [-0.4, -0.2) is 60.8 Å². The Labute approximate surface area is 220 Å². The van der Waals surface area contributed by atoms with Gasteiger partial charge < -0.3 is 9.88 Å². The summed E-state index contributed by atoms with van der Waals surface area (Å²) >= 11 is 0. The molecule has 1 aromatic heterocycles. The zero-order valence-corrected chi connectivity index (χ0v) is 23.4. The molecule has 0 saturated carbocycles. The van der Waals surface area contributed by atoms with Crippen LogP contribution in [0.2, 0.25) is 0 Å². The van der Waals surface area contributed by atoms with Crippen molar-refractivity contribution >= 4 is 20.9 Å². The third-order valence-electron chi connectivity index (χ3n) is 8.50. The predicted octanol–water partition coefficient (Wildman–Crippen LogP) is 5.05. The fraction of sp³-hybridized carbons (Fsp3) is 0.552. The normalized spacial score (nSPS) is 22.2. The number of likely N-dealkylation sites (tertiary alicyclic amines) is 1. The maximum Gasteiger partial charge on any atom is 0.178 e. The van der Waals surface area contributed by atoms with Crippen molar-refractivity contribution in [3.63, 3.8) is 0 Å². The van der Waals surface area contributed by atoms with Crippen LogP contribution in [0.4, 0.5) is 4.39 Å². The van der Waals surface area contributed by atoms with E-state index >= 15 is 0 Å². The van der Waals surface area contributed by atoms with E-state index in [4.69, 9.17) is 4.98 Å². The van der Waals surface area contributed by atoms with E-state index < -0.39 is 15.7 Å². The SMILES string of the molecule is Cc1cc(C2CCN(C3CCNCC3)[C@@H](C(C)C)C2)cc2c1nc(-c1ccc(S(C)(=O)=O)c(F)c1)n2C. The molecule has 5 rings (SSSR count). The van der Waals surface area contributed by atoms with E-state index in [9.17, 15) is 12.8 Å². The maximum atomic E-state index is 14.6. The first-order valence-electron chi connectivity index (χ1n) is 13.5. The molecule has 2 atom stereocenters. The van der Waals surface area contributed by atoms with E-state index in [0.717, 1.165) is 55.3 Å². The summed E-state index contributed by atoms with van der Waals surface area (Å²) < 4.78 is 40.4. The molecule has 37 heavy (non-hydrogen) atoms. The second-order valence-corrected chi connectivity index (χ2v) is 13.4. The summed E-state index contributed by atoms with van der Waals surface area (Å²) in [6.45, 7) is 10.2. The van der Waals surface area contributed by atoms with Crippen LogP contribution in [0.5, 0.6) is 0 Å². The van der Waals surface area contributed by atoms with Crippen molar-refractivity contribution in [2.24, 2.45) is 13.0 Å². The van der Waals surface area contributed by atoms with E-state index in [1.807, 2.05) is 11.6 Å². The molecule has 2 aliphatic heterocycles. The first-order valence-corrected chi connectivity index (χ1v) is 15.4. The molecule has 0 spiro atoms. The number of nitrogens with zero attached hydrogens (tertiary/aromatic N) is 3. The number of sulfone groups is 1. The van der Waals surface area contributed by atoms with Crippen molar-refractivity contribution in [1.82, 2.24) is 19.8 Å². The van der Waals surface area contributed by atoms with Gasteiger partial charge in [0.15, 0.2) is 9.84 Å². The van der Waals surface area contributed by atoms with Crippen LogP contribution < -0.4 is 5.32 Å². The fourth-order valence-corrected chi connectivity index (χ4v) is 7.21. The standard InChI is InChI=1S/C29H39FN4O2S/c1-18(2)25-16-20(10-13-34(25)23-8-11-31-12-9-23)22-14-19(3)28-26(17-22)33(4)29(32-28)21-6-7-27(24(30)15-21)37(5,35)36/h6-7,14-15,17-18,20,23,25,31H,8-13,16H2,1-5H3/t20?,25-/m1/s1. The molecule has 8 heteroatoms. The Morgan fingerprint density at radius 3 is 2.49 bits per heavy atom. The Kier molecular flexibility index (Phi) is 7.20. The second kappa shape index (κ2) is 10.1. The van der Waals surface area contributed by atoms with Gasteiger partial charge >= 0.3 is 0 Å². The van der Waals surface area contributed by atoms with Gasteiger partial charge in [-0.3, -0.25) is 4.90 Å². The molecule has 200 valence electrons. The number of benzene rings is 2. The molecule has 3 heterocycles. The highest BCUT2D eigenvalue weighted by atomic mass is 32.2. The first-order chi connectivity index (χ1) is 17.5. The number of imidazole rings is 1. The van der Waals surface area contributed by atoms with Gasteiger partial charge in [-0.1, -0.05) is 19.9 Å². The number of aryl methyl sites for hydroxylation is 2. The summed E-state index contributed by atoms with van der Waals surface area (Å²) in [5.74, 6) is 0.994. The van der Waals surface area contributed by atoms with Crippen LogP contribution in [-0.2, 0) is 16.9 Å². The van der Waals surface area contributed by atoms with Crippen molar-refractivity contribution in [3.8, 4) is 11.4 Å². The van der Waals surface area contributed by atoms with Gasteiger partial charge in [0.05, 0.1) is 11.0 Å². The zero-order chi connectivity index (χ0) is 26.5. The van der Waals surface area contributed by atoms with Crippen LogP contribution in [0, 0.1) is 18.7 Å². The van der Waals surface area contributed by atoms with Crippen molar-refractivity contribution in [2.75, 3.05) is 25.9 Å². The van der Waals surface area contributed by atoms with E-state index in [1.165, 1.54) is 30.5 Å². The van der Waals surface area contributed by atoms with Crippen LogP contribution >= 0.6 is 0 Å². The minimum atomic E-state index is -3.62. The van der Waals surface area contributed by atoms with Crippen molar-refractivity contribution in [2.45, 2.75) is 69.4 Å². The van der Waals surface area contributed by atoms with Gasteiger partial charge in [-0.05, 0) is 99.5 Å².